The average Bonchev–Trinajstić information content (AvgIpc) is 2.60. The average molecular weight is 373 g/mol. The zero-order valence-electron chi connectivity index (χ0n) is 16.3. The van der Waals surface area contributed by atoms with E-state index in [1.165, 1.54) is 38.5 Å². The largest absolute Gasteiger partial charge is 0.466 e. The zero-order valence-corrected chi connectivity index (χ0v) is 17.2. The Labute approximate surface area is 161 Å². The van der Waals surface area contributed by atoms with Crippen LogP contribution in [0.1, 0.15) is 96.8 Å². The summed E-state index contributed by atoms with van der Waals surface area (Å²) in [5, 5.41) is 9.87. The van der Waals surface area contributed by atoms with E-state index in [2.05, 4.69) is 31.7 Å². The molecule has 25 heavy (non-hydrogen) atoms. The maximum Gasteiger partial charge on any atom is 0.305 e. The Morgan fingerprint density at radius 1 is 1.00 bits per heavy atom. The number of ether oxygens (including phenoxy) is 1. The molecule has 0 heterocycles. The molecule has 0 aliphatic heterocycles. The highest BCUT2D eigenvalue weighted by atomic mass is 32.1. The lowest BCUT2D eigenvalue weighted by molar-refractivity contribution is -0.143. The molecule has 0 aliphatic carbocycles. The summed E-state index contributed by atoms with van der Waals surface area (Å²) in [6.07, 6.45) is 18.9. The zero-order chi connectivity index (χ0) is 18.6. The quantitative estimate of drug-likeness (QED) is 0.137. The third-order valence-corrected chi connectivity index (χ3v) is 4.60. The summed E-state index contributed by atoms with van der Waals surface area (Å²) in [6.45, 7) is 2.71. The fourth-order valence-electron chi connectivity index (χ4n) is 2.68. The maximum atomic E-state index is 11.4. The van der Waals surface area contributed by atoms with Crippen LogP contribution in [-0.2, 0) is 9.53 Å². The number of hydrogen-bond acceptors (Lipinski definition) is 4. The normalized spacial score (nSPS) is 12.6. The molecule has 0 bridgehead atoms. The third kappa shape index (κ3) is 19.7. The molecule has 0 unspecified atom stereocenters. The smallest absolute Gasteiger partial charge is 0.305 e. The molecule has 0 aromatic heterocycles. The first-order valence-corrected chi connectivity index (χ1v) is 10.9. The monoisotopic (exact) mass is 372 g/mol. The van der Waals surface area contributed by atoms with Gasteiger partial charge in [-0.25, -0.2) is 0 Å². The van der Waals surface area contributed by atoms with Crippen LogP contribution in [-0.4, -0.2) is 29.5 Å². The lowest BCUT2D eigenvalue weighted by atomic mass is 10.1. The second-order valence-corrected chi connectivity index (χ2v) is 7.26. The molecule has 1 N–H and O–H groups in total. The van der Waals surface area contributed by atoms with Crippen molar-refractivity contribution in [3.05, 3.63) is 12.2 Å². The van der Waals surface area contributed by atoms with E-state index in [0.717, 1.165) is 50.7 Å². The van der Waals surface area contributed by atoms with Gasteiger partial charge in [-0.15, -0.1) is 0 Å². The van der Waals surface area contributed by atoms with Crippen LogP contribution in [0.4, 0.5) is 0 Å². The molecule has 0 spiro atoms. The molecule has 4 heteroatoms. The first-order chi connectivity index (χ1) is 12.2. The van der Waals surface area contributed by atoms with Gasteiger partial charge in [-0.1, -0.05) is 64.0 Å². The number of aliphatic hydroxyl groups excluding tert-OH is 1. The maximum absolute atomic E-state index is 11.4. The molecule has 0 aliphatic rings. The van der Waals surface area contributed by atoms with E-state index in [-0.39, 0.29) is 12.1 Å². The molecule has 0 radical (unpaired) electrons. The highest BCUT2D eigenvalue weighted by Gasteiger charge is 2.02. The van der Waals surface area contributed by atoms with Gasteiger partial charge in [0.1, 0.15) is 0 Å². The predicted molar refractivity (Wildman–Crippen MR) is 110 cm³/mol. The van der Waals surface area contributed by atoms with Crippen LogP contribution in [0, 0.1) is 0 Å². The summed E-state index contributed by atoms with van der Waals surface area (Å²) in [7, 11) is 0. The van der Waals surface area contributed by atoms with Crippen LogP contribution in [0.3, 0.4) is 0 Å². The van der Waals surface area contributed by atoms with E-state index in [1.807, 2.05) is 0 Å². The Morgan fingerprint density at radius 2 is 1.72 bits per heavy atom. The van der Waals surface area contributed by atoms with E-state index < -0.39 is 0 Å². The van der Waals surface area contributed by atoms with Crippen LogP contribution < -0.4 is 0 Å². The Hall–Kier alpha value is -0.480. The molecular weight excluding hydrogens is 332 g/mol. The molecular formula is C21H40O3S. The Kier molecular flexibility index (Phi) is 19.5. The number of carbonyl (C=O) groups excluding carboxylic acids is 1. The minimum atomic E-state index is -0.166. The summed E-state index contributed by atoms with van der Waals surface area (Å²) >= 11 is 4.08. The number of allylic oxidation sites excluding steroid dienone is 1. The molecule has 148 valence electrons. The van der Waals surface area contributed by atoms with Gasteiger partial charge in [-0.3, -0.25) is 4.79 Å². The topological polar surface area (TPSA) is 46.5 Å². The fourth-order valence-corrected chi connectivity index (χ4v) is 2.81. The first kappa shape index (κ1) is 24.5. The molecule has 3 nitrogen and oxygen atoms in total. The number of carbonyl (C=O) groups is 1. The Morgan fingerprint density at radius 3 is 2.48 bits per heavy atom. The second kappa shape index (κ2) is 19.8. The van der Waals surface area contributed by atoms with E-state index in [1.54, 1.807) is 0 Å². The van der Waals surface area contributed by atoms with Gasteiger partial charge in [-0.2, -0.15) is 12.6 Å². The van der Waals surface area contributed by atoms with Crippen LogP contribution >= 0.6 is 12.6 Å². The van der Waals surface area contributed by atoms with Crippen LogP contribution in [0.25, 0.3) is 0 Å². The molecule has 0 amide bonds. The standard InChI is InChI=1S/C21H40O3S/c1-2-3-4-11-15-20(22)16-12-9-7-5-6-8-10-13-17-21(23)24-18-14-19-25/h9,12,20,22,25H,2-8,10-11,13-19H2,1H3/b12-9-/t20-/m1/s1. The highest BCUT2D eigenvalue weighted by molar-refractivity contribution is 7.80. The molecule has 1 atom stereocenters. The SMILES string of the molecule is CCCCCC[C@@H](O)C/C=C\CCCCCCCC(=O)OCCCS. The highest BCUT2D eigenvalue weighted by Crippen LogP contribution is 2.10. The fraction of sp³-hybridized carbons (Fsp3) is 0.857. The third-order valence-electron chi connectivity index (χ3n) is 4.28. The van der Waals surface area contributed by atoms with Gasteiger partial charge < -0.3 is 9.84 Å². The van der Waals surface area contributed by atoms with Gasteiger partial charge >= 0.3 is 5.97 Å². The minimum absolute atomic E-state index is 0.0713. The van der Waals surface area contributed by atoms with Gasteiger partial charge in [0.25, 0.3) is 0 Å². The van der Waals surface area contributed by atoms with Crippen LogP contribution in [0.5, 0.6) is 0 Å². The molecule has 0 fully saturated rings. The Balaban J connectivity index is 3.30. The van der Waals surface area contributed by atoms with Gasteiger partial charge in [0.15, 0.2) is 0 Å². The lowest BCUT2D eigenvalue weighted by Crippen LogP contribution is -2.05. The van der Waals surface area contributed by atoms with Gasteiger partial charge in [0.2, 0.25) is 0 Å². The molecule has 0 saturated heterocycles. The molecule has 0 saturated carbocycles. The van der Waals surface area contributed by atoms with E-state index in [9.17, 15) is 9.90 Å². The number of esters is 1. The number of hydrogen-bond donors (Lipinski definition) is 2. The number of thiol groups is 1. The van der Waals surface area contributed by atoms with E-state index >= 15 is 0 Å². The van der Waals surface area contributed by atoms with Crippen molar-refractivity contribution in [2.45, 2.75) is 103 Å². The summed E-state index contributed by atoms with van der Waals surface area (Å²) < 4.78 is 5.09. The first-order valence-electron chi connectivity index (χ1n) is 10.3. The lowest BCUT2D eigenvalue weighted by Gasteiger charge is -2.07. The van der Waals surface area contributed by atoms with Crippen molar-refractivity contribution in [2.75, 3.05) is 12.4 Å². The van der Waals surface area contributed by atoms with Crippen LogP contribution in [0.15, 0.2) is 12.2 Å². The second-order valence-electron chi connectivity index (χ2n) is 6.81. The summed E-state index contributed by atoms with van der Waals surface area (Å²) in [6, 6.07) is 0. The van der Waals surface area contributed by atoms with Crippen molar-refractivity contribution in [2.24, 2.45) is 0 Å². The van der Waals surface area contributed by atoms with E-state index in [0.29, 0.717) is 13.0 Å². The van der Waals surface area contributed by atoms with Crippen molar-refractivity contribution in [3.8, 4) is 0 Å². The Bertz CT molecular complexity index is 318. The molecule has 0 rings (SSSR count). The van der Waals surface area contributed by atoms with Gasteiger partial charge in [-0.05, 0) is 44.3 Å². The van der Waals surface area contributed by atoms with Gasteiger partial charge in [0.05, 0.1) is 12.7 Å². The van der Waals surface area contributed by atoms with Crippen molar-refractivity contribution in [1.82, 2.24) is 0 Å². The van der Waals surface area contributed by atoms with Crippen molar-refractivity contribution in [3.63, 3.8) is 0 Å². The summed E-state index contributed by atoms with van der Waals surface area (Å²) in [5.41, 5.74) is 0. The summed E-state index contributed by atoms with van der Waals surface area (Å²) in [5.74, 6) is 0.692. The molecule has 0 aromatic carbocycles. The number of aliphatic hydroxyl groups is 1. The summed E-state index contributed by atoms with van der Waals surface area (Å²) in [4.78, 5) is 11.4. The number of unbranched alkanes of at least 4 members (excludes halogenated alkanes) is 8. The van der Waals surface area contributed by atoms with Crippen molar-refractivity contribution < 1.29 is 14.6 Å². The van der Waals surface area contributed by atoms with Crippen molar-refractivity contribution >= 4 is 18.6 Å². The van der Waals surface area contributed by atoms with Crippen LogP contribution in [0.2, 0.25) is 0 Å². The molecule has 0 aromatic rings. The van der Waals surface area contributed by atoms with Crippen molar-refractivity contribution in [1.29, 1.82) is 0 Å². The minimum Gasteiger partial charge on any atom is -0.466 e. The predicted octanol–water partition coefficient (Wildman–Crippen LogP) is 5.86. The van der Waals surface area contributed by atoms with Gasteiger partial charge in [0, 0.05) is 6.42 Å². The van der Waals surface area contributed by atoms with E-state index in [4.69, 9.17) is 4.74 Å². The number of rotatable bonds is 18.